The molecule has 25 heavy (non-hydrogen) atoms. The van der Waals surface area contributed by atoms with Gasteiger partial charge in [0.1, 0.15) is 0 Å². The van der Waals surface area contributed by atoms with Crippen LogP contribution in [-0.2, 0) is 10.0 Å². The highest BCUT2D eigenvalue weighted by Gasteiger charge is 2.11. The summed E-state index contributed by atoms with van der Waals surface area (Å²) in [6.45, 7) is 0. The Kier molecular flexibility index (Phi) is 4.60. The van der Waals surface area contributed by atoms with Gasteiger partial charge in [0.2, 0.25) is 10.0 Å². The van der Waals surface area contributed by atoms with Gasteiger partial charge < -0.3 is 5.32 Å². The zero-order valence-corrected chi connectivity index (χ0v) is 13.9. The van der Waals surface area contributed by atoms with E-state index in [1.165, 1.54) is 24.3 Å². The van der Waals surface area contributed by atoms with Crippen molar-refractivity contribution in [2.24, 2.45) is 5.14 Å². The van der Waals surface area contributed by atoms with Gasteiger partial charge in [-0.25, -0.2) is 13.6 Å². The molecule has 6 nitrogen and oxygen atoms in total. The molecular weight excluding hydrogens is 338 g/mol. The summed E-state index contributed by atoms with van der Waals surface area (Å²) in [6.07, 6.45) is 1.70. The van der Waals surface area contributed by atoms with E-state index in [1.807, 2.05) is 36.4 Å². The molecule has 3 aromatic rings. The van der Waals surface area contributed by atoms with Crippen molar-refractivity contribution in [3.8, 4) is 11.3 Å². The first-order valence-electron chi connectivity index (χ1n) is 7.39. The Labute approximate surface area is 145 Å². The molecule has 0 bridgehead atoms. The van der Waals surface area contributed by atoms with E-state index in [0.29, 0.717) is 11.3 Å². The Balaban J connectivity index is 1.79. The minimum atomic E-state index is -3.78. The van der Waals surface area contributed by atoms with Crippen molar-refractivity contribution >= 4 is 21.6 Å². The molecule has 0 fully saturated rings. The predicted octanol–water partition coefficient (Wildman–Crippen LogP) is 2.65. The lowest BCUT2D eigenvalue weighted by atomic mass is 10.1. The molecule has 1 aromatic heterocycles. The topological polar surface area (TPSA) is 102 Å². The van der Waals surface area contributed by atoms with Crippen LogP contribution in [0.15, 0.2) is 77.8 Å². The molecule has 0 aliphatic heterocycles. The summed E-state index contributed by atoms with van der Waals surface area (Å²) in [6, 6.07) is 18.3. The molecule has 0 spiro atoms. The van der Waals surface area contributed by atoms with E-state index >= 15 is 0 Å². The number of carbonyl (C=O) groups is 1. The van der Waals surface area contributed by atoms with Gasteiger partial charge in [-0.3, -0.25) is 9.78 Å². The Bertz CT molecular complexity index is 1000. The number of aromatic nitrogens is 1. The van der Waals surface area contributed by atoms with Crippen LogP contribution < -0.4 is 10.5 Å². The van der Waals surface area contributed by atoms with E-state index in [1.54, 1.807) is 12.3 Å². The summed E-state index contributed by atoms with van der Waals surface area (Å²) in [4.78, 5) is 16.6. The van der Waals surface area contributed by atoms with E-state index < -0.39 is 10.0 Å². The number of nitrogens with zero attached hydrogens (tertiary/aromatic N) is 1. The number of amides is 1. The molecule has 0 unspecified atom stereocenters. The Morgan fingerprint density at radius 1 is 0.960 bits per heavy atom. The first kappa shape index (κ1) is 16.8. The van der Waals surface area contributed by atoms with Crippen LogP contribution in [0.2, 0.25) is 0 Å². The molecule has 0 atom stereocenters. The largest absolute Gasteiger partial charge is 0.322 e. The number of anilines is 1. The second-order valence-corrected chi connectivity index (χ2v) is 6.88. The van der Waals surface area contributed by atoms with Gasteiger partial charge in [-0.1, -0.05) is 18.2 Å². The van der Waals surface area contributed by atoms with Gasteiger partial charge in [0.05, 0.1) is 10.6 Å². The van der Waals surface area contributed by atoms with Crippen LogP contribution in [0.5, 0.6) is 0 Å². The Morgan fingerprint density at radius 2 is 1.72 bits per heavy atom. The molecule has 0 saturated heterocycles. The fourth-order valence-corrected chi connectivity index (χ4v) is 2.80. The van der Waals surface area contributed by atoms with Gasteiger partial charge in [0.15, 0.2) is 0 Å². The summed E-state index contributed by atoms with van der Waals surface area (Å²) in [5.74, 6) is -0.348. The predicted molar refractivity (Wildman–Crippen MR) is 95.4 cm³/mol. The smallest absolute Gasteiger partial charge is 0.255 e. The number of primary sulfonamides is 1. The molecule has 0 aliphatic rings. The third-order valence-corrected chi connectivity index (χ3v) is 4.46. The average Bonchev–Trinajstić information content (AvgIpc) is 2.62. The van der Waals surface area contributed by atoms with E-state index in [9.17, 15) is 13.2 Å². The third-order valence-electron chi connectivity index (χ3n) is 3.53. The second kappa shape index (κ2) is 6.84. The van der Waals surface area contributed by atoms with Gasteiger partial charge >= 0.3 is 0 Å². The maximum Gasteiger partial charge on any atom is 0.255 e. The monoisotopic (exact) mass is 353 g/mol. The van der Waals surface area contributed by atoms with Crippen molar-refractivity contribution in [2.45, 2.75) is 4.90 Å². The van der Waals surface area contributed by atoms with Crippen molar-refractivity contribution in [3.63, 3.8) is 0 Å². The normalized spacial score (nSPS) is 11.1. The van der Waals surface area contributed by atoms with Gasteiger partial charge in [0.25, 0.3) is 5.91 Å². The molecule has 3 N–H and O–H groups in total. The maximum atomic E-state index is 12.3. The van der Waals surface area contributed by atoms with Gasteiger partial charge in [-0.2, -0.15) is 0 Å². The molecule has 3 rings (SSSR count). The zero-order valence-electron chi connectivity index (χ0n) is 13.1. The fourth-order valence-electron chi connectivity index (χ4n) is 2.29. The quantitative estimate of drug-likeness (QED) is 0.752. The van der Waals surface area contributed by atoms with E-state index in [0.717, 1.165) is 11.3 Å². The minimum absolute atomic E-state index is 0.0406. The van der Waals surface area contributed by atoms with Crippen LogP contribution >= 0.6 is 0 Å². The molecular formula is C18H15N3O3S. The molecule has 126 valence electrons. The minimum Gasteiger partial charge on any atom is -0.322 e. The third kappa shape index (κ3) is 4.09. The maximum absolute atomic E-state index is 12.3. The lowest BCUT2D eigenvalue weighted by molar-refractivity contribution is 0.102. The van der Waals surface area contributed by atoms with Crippen LogP contribution in [0.3, 0.4) is 0 Å². The molecule has 0 radical (unpaired) electrons. The number of sulfonamides is 1. The van der Waals surface area contributed by atoms with Crippen LogP contribution in [0, 0.1) is 0 Å². The number of rotatable bonds is 4. The van der Waals surface area contributed by atoms with Crippen LogP contribution in [0.25, 0.3) is 11.3 Å². The van der Waals surface area contributed by atoms with E-state index in [2.05, 4.69) is 10.3 Å². The highest BCUT2D eigenvalue weighted by atomic mass is 32.2. The molecule has 7 heteroatoms. The number of benzene rings is 2. The average molecular weight is 353 g/mol. The Morgan fingerprint density at radius 3 is 2.36 bits per heavy atom. The molecule has 2 aromatic carbocycles. The molecule has 1 amide bonds. The van der Waals surface area contributed by atoms with Crippen LogP contribution in [-0.4, -0.2) is 19.3 Å². The number of nitrogens with two attached hydrogens (primary N) is 1. The molecule has 1 heterocycles. The molecule has 0 aliphatic carbocycles. The first-order valence-corrected chi connectivity index (χ1v) is 8.94. The van der Waals surface area contributed by atoms with E-state index in [-0.39, 0.29) is 10.8 Å². The van der Waals surface area contributed by atoms with Gasteiger partial charge in [-0.05, 0) is 48.5 Å². The van der Waals surface area contributed by atoms with Crippen molar-refractivity contribution in [1.29, 1.82) is 0 Å². The summed E-state index contributed by atoms with van der Waals surface area (Å²) >= 11 is 0. The summed E-state index contributed by atoms with van der Waals surface area (Å²) < 4.78 is 22.5. The number of hydrogen-bond acceptors (Lipinski definition) is 4. The van der Waals surface area contributed by atoms with Gasteiger partial charge in [-0.15, -0.1) is 0 Å². The second-order valence-electron chi connectivity index (χ2n) is 5.32. The number of hydrogen-bond donors (Lipinski definition) is 2. The van der Waals surface area contributed by atoms with E-state index in [4.69, 9.17) is 5.14 Å². The van der Waals surface area contributed by atoms with Crippen molar-refractivity contribution in [1.82, 2.24) is 4.98 Å². The van der Waals surface area contributed by atoms with Crippen LogP contribution in [0.1, 0.15) is 10.4 Å². The number of carbonyl (C=O) groups excluding carboxylic acids is 1. The lowest BCUT2D eigenvalue weighted by Gasteiger charge is -2.08. The van der Waals surface area contributed by atoms with Gasteiger partial charge in [0, 0.05) is 23.0 Å². The summed E-state index contributed by atoms with van der Waals surface area (Å²) in [7, 11) is -3.78. The first-order chi connectivity index (χ1) is 11.9. The number of nitrogens with one attached hydrogen (secondary N) is 1. The Hall–Kier alpha value is -3.03. The highest BCUT2D eigenvalue weighted by molar-refractivity contribution is 7.89. The van der Waals surface area contributed by atoms with Crippen LogP contribution in [0.4, 0.5) is 5.69 Å². The van der Waals surface area contributed by atoms with Crippen molar-refractivity contribution in [3.05, 3.63) is 78.5 Å². The van der Waals surface area contributed by atoms with Crippen molar-refractivity contribution < 1.29 is 13.2 Å². The summed E-state index contributed by atoms with van der Waals surface area (Å²) in [5.41, 5.74) is 2.62. The fraction of sp³-hybridized carbons (Fsp3) is 0. The standard InChI is InChI=1S/C18H15N3O3S/c19-25(23,24)16-9-7-13(8-10-16)18(22)21-15-5-3-4-14(12-15)17-6-1-2-11-20-17/h1-12H,(H,21,22)(H2,19,23,24). The number of pyridine rings is 1. The zero-order chi connectivity index (χ0) is 17.9. The molecule has 0 saturated carbocycles. The summed E-state index contributed by atoms with van der Waals surface area (Å²) in [5, 5.41) is 7.82. The van der Waals surface area contributed by atoms with Crippen molar-refractivity contribution in [2.75, 3.05) is 5.32 Å². The SMILES string of the molecule is NS(=O)(=O)c1ccc(C(=O)Nc2cccc(-c3ccccn3)c2)cc1. The lowest BCUT2D eigenvalue weighted by Crippen LogP contribution is -2.14. The highest BCUT2D eigenvalue weighted by Crippen LogP contribution is 2.21.